The second-order valence-corrected chi connectivity index (χ2v) is 4.21. The summed E-state index contributed by atoms with van der Waals surface area (Å²) in [4.78, 5) is 13.0. The summed E-state index contributed by atoms with van der Waals surface area (Å²) < 4.78 is 0. The SMILES string of the molecule is CC1CC(C(=O)O)CN(C/C=C/Cl)C1. The largest absolute Gasteiger partial charge is 0.481 e. The Kier molecular flexibility index (Phi) is 4.42. The molecule has 1 aliphatic heterocycles. The highest BCUT2D eigenvalue weighted by atomic mass is 35.5. The second-order valence-electron chi connectivity index (χ2n) is 3.96. The van der Waals surface area contributed by atoms with E-state index < -0.39 is 5.97 Å². The molecule has 0 spiro atoms. The van der Waals surface area contributed by atoms with Gasteiger partial charge in [0.05, 0.1) is 5.92 Å². The highest BCUT2D eigenvalue weighted by Crippen LogP contribution is 2.21. The maximum Gasteiger partial charge on any atom is 0.307 e. The summed E-state index contributed by atoms with van der Waals surface area (Å²) in [6.07, 6.45) is 2.63. The summed E-state index contributed by atoms with van der Waals surface area (Å²) in [6.45, 7) is 4.44. The number of halogens is 1. The zero-order chi connectivity index (χ0) is 10.6. The van der Waals surface area contributed by atoms with Gasteiger partial charge < -0.3 is 5.11 Å². The van der Waals surface area contributed by atoms with Gasteiger partial charge in [-0.2, -0.15) is 0 Å². The molecule has 14 heavy (non-hydrogen) atoms. The van der Waals surface area contributed by atoms with E-state index in [0.717, 1.165) is 19.5 Å². The molecule has 0 saturated carbocycles. The van der Waals surface area contributed by atoms with Crippen molar-refractivity contribution in [2.75, 3.05) is 19.6 Å². The van der Waals surface area contributed by atoms with Crippen LogP contribution in [0.25, 0.3) is 0 Å². The molecular weight excluding hydrogens is 202 g/mol. The number of likely N-dealkylation sites (tertiary alicyclic amines) is 1. The van der Waals surface area contributed by atoms with E-state index in [9.17, 15) is 4.79 Å². The maximum atomic E-state index is 10.8. The third-order valence-electron chi connectivity index (χ3n) is 2.54. The Morgan fingerprint density at radius 2 is 2.36 bits per heavy atom. The molecule has 80 valence electrons. The number of hydrogen-bond acceptors (Lipinski definition) is 2. The molecule has 0 aromatic heterocycles. The van der Waals surface area contributed by atoms with Gasteiger partial charge in [-0.1, -0.05) is 24.6 Å². The molecule has 0 radical (unpaired) electrons. The van der Waals surface area contributed by atoms with E-state index in [2.05, 4.69) is 11.8 Å². The summed E-state index contributed by atoms with van der Waals surface area (Å²) in [5.41, 5.74) is 1.48. The molecule has 1 heterocycles. The number of carboxylic acid groups (broad SMARTS) is 1. The standard InChI is InChI=1S/C10H16ClNO2/c1-8-5-9(10(13)14)7-12(6-8)4-2-3-11/h2-3,8-9H,4-7H2,1H3,(H,13,14)/b3-2+. The van der Waals surface area contributed by atoms with Gasteiger partial charge in [-0.3, -0.25) is 9.69 Å². The highest BCUT2D eigenvalue weighted by molar-refractivity contribution is 6.25. The number of rotatable bonds is 3. The van der Waals surface area contributed by atoms with Crippen LogP contribution in [0.1, 0.15) is 13.3 Å². The first-order valence-electron chi connectivity index (χ1n) is 4.84. The molecule has 0 amide bonds. The van der Waals surface area contributed by atoms with Gasteiger partial charge in [0.15, 0.2) is 0 Å². The Morgan fingerprint density at radius 3 is 2.93 bits per heavy atom. The van der Waals surface area contributed by atoms with E-state index in [-0.39, 0.29) is 5.92 Å². The van der Waals surface area contributed by atoms with Crippen molar-refractivity contribution in [2.45, 2.75) is 13.3 Å². The first-order valence-corrected chi connectivity index (χ1v) is 5.27. The van der Waals surface area contributed by atoms with E-state index in [4.69, 9.17) is 16.7 Å². The molecule has 4 heteroatoms. The molecular formula is C10H16ClNO2. The third kappa shape index (κ3) is 3.31. The molecule has 3 nitrogen and oxygen atoms in total. The van der Waals surface area contributed by atoms with Gasteiger partial charge in [-0.25, -0.2) is 0 Å². The van der Waals surface area contributed by atoms with Crippen LogP contribution in [0.3, 0.4) is 0 Å². The van der Waals surface area contributed by atoms with Gasteiger partial charge >= 0.3 is 5.97 Å². The van der Waals surface area contributed by atoms with Crippen molar-refractivity contribution in [2.24, 2.45) is 11.8 Å². The highest BCUT2D eigenvalue weighted by Gasteiger charge is 2.28. The summed E-state index contributed by atoms with van der Waals surface area (Å²) in [5.74, 6) is -0.451. The first-order chi connectivity index (χ1) is 6.63. The van der Waals surface area contributed by atoms with Crippen molar-refractivity contribution in [1.82, 2.24) is 4.90 Å². The molecule has 1 saturated heterocycles. The van der Waals surface area contributed by atoms with Gasteiger partial charge in [0.25, 0.3) is 0 Å². The van der Waals surface area contributed by atoms with Crippen LogP contribution >= 0.6 is 11.6 Å². The number of nitrogens with zero attached hydrogens (tertiary/aromatic N) is 1. The van der Waals surface area contributed by atoms with Crippen molar-refractivity contribution in [1.29, 1.82) is 0 Å². The van der Waals surface area contributed by atoms with Crippen LogP contribution < -0.4 is 0 Å². The fourth-order valence-corrected chi connectivity index (χ4v) is 2.06. The summed E-state index contributed by atoms with van der Waals surface area (Å²) in [5, 5.41) is 8.93. The van der Waals surface area contributed by atoms with Gasteiger partial charge in [0.2, 0.25) is 0 Å². The molecule has 2 unspecified atom stereocenters. The van der Waals surface area contributed by atoms with Crippen molar-refractivity contribution in [3.8, 4) is 0 Å². The van der Waals surface area contributed by atoms with E-state index >= 15 is 0 Å². The second kappa shape index (κ2) is 5.37. The van der Waals surface area contributed by atoms with Crippen LogP contribution in [0.4, 0.5) is 0 Å². The maximum absolute atomic E-state index is 10.8. The lowest BCUT2D eigenvalue weighted by Gasteiger charge is -2.33. The molecule has 1 aliphatic rings. The minimum Gasteiger partial charge on any atom is -0.481 e. The zero-order valence-electron chi connectivity index (χ0n) is 8.32. The van der Waals surface area contributed by atoms with Crippen LogP contribution in [0.15, 0.2) is 11.6 Å². The van der Waals surface area contributed by atoms with Crippen LogP contribution in [0, 0.1) is 11.8 Å². The number of hydrogen-bond donors (Lipinski definition) is 1. The summed E-state index contributed by atoms with van der Waals surface area (Å²) in [7, 11) is 0. The summed E-state index contributed by atoms with van der Waals surface area (Å²) in [6, 6.07) is 0. The average molecular weight is 218 g/mol. The Balaban J connectivity index is 2.49. The van der Waals surface area contributed by atoms with Crippen LogP contribution in [0.5, 0.6) is 0 Å². The average Bonchev–Trinajstić information content (AvgIpc) is 2.14. The number of carbonyl (C=O) groups is 1. The lowest BCUT2D eigenvalue weighted by atomic mass is 9.90. The minimum atomic E-state index is -0.684. The van der Waals surface area contributed by atoms with Crippen molar-refractivity contribution in [3.05, 3.63) is 11.6 Å². The molecule has 1 N–H and O–H groups in total. The van der Waals surface area contributed by atoms with Gasteiger partial charge in [-0.15, -0.1) is 0 Å². The van der Waals surface area contributed by atoms with Crippen molar-refractivity contribution < 1.29 is 9.90 Å². The fourth-order valence-electron chi connectivity index (χ4n) is 1.98. The number of aliphatic carboxylic acids is 1. The quantitative estimate of drug-likeness (QED) is 0.784. The van der Waals surface area contributed by atoms with Crippen molar-refractivity contribution in [3.63, 3.8) is 0 Å². The Morgan fingerprint density at radius 1 is 1.64 bits per heavy atom. The fraction of sp³-hybridized carbons (Fsp3) is 0.700. The predicted molar refractivity (Wildman–Crippen MR) is 56.3 cm³/mol. The van der Waals surface area contributed by atoms with Crippen molar-refractivity contribution >= 4 is 17.6 Å². The van der Waals surface area contributed by atoms with E-state index in [1.165, 1.54) is 5.54 Å². The van der Waals surface area contributed by atoms with E-state index in [0.29, 0.717) is 12.5 Å². The molecule has 0 bridgehead atoms. The topological polar surface area (TPSA) is 40.5 Å². The molecule has 0 aromatic carbocycles. The molecule has 0 aromatic rings. The zero-order valence-corrected chi connectivity index (χ0v) is 9.07. The van der Waals surface area contributed by atoms with Gasteiger partial charge in [0, 0.05) is 25.2 Å². The van der Waals surface area contributed by atoms with Crippen LogP contribution in [-0.4, -0.2) is 35.6 Å². The Hall–Kier alpha value is -0.540. The minimum absolute atomic E-state index is 0.220. The first kappa shape index (κ1) is 11.5. The van der Waals surface area contributed by atoms with E-state index in [1.807, 2.05) is 6.08 Å². The Labute approximate surface area is 89.3 Å². The number of carboxylic acids is 1. The van der Waals surface area contributed by atoms with Gasteiger partial charge in [-0.05, 0) is 12.3 Å². The van der Waals surface area contributed by atoms with Crippen LogP contribution in [0.2, 0.25) is 0 Å². The monoisotopic (exact) mass is 217 g/mol. The normalized spacial score (nSPS) is 29.6. The lowest BCUT2D eigenvalue weighted by molar-refractivity contribution is -0.144. The molecule has 1 fully saturated rings. The molecule has 2 atom stereocenters. The molecule has 1 rings (SSSR count). The lowest BCUT2D eigenvalue weighted by Crippen LogP contribution is -2.42. The smallest absolute Gasteiger partial charge is 0.307 e. The summed E-state index contributed by atoms with van der Waals surface area (Å²) >= 11 is 5.43. The van der Waals surface area contributed by atoms with E-state index in [1.54, 1.807) is 0 Å². The Bertz CT molecular complexity index is 230. The predicted octanol–water partition coefficient (Wildman–Crippen LogP) is 1.78. The van der Waals surface area contributed by atoms with Crippen LogP contribution in [-0.2, 0) is 4.79 Å². The third-order valence-corrected chi connectivity index (χ3v) is 2.72. The molecule has 0 aliphatic carbocycles. The van der Waals surface area contributed by atoms with Gasteiger partial charge in [0.1, 0.15) is 0 Å². The number of piperidine rings is 1.